The maximum absolute atomic E-state index is 14.3. The molecular formula is C29H40F2INO4. The van der Waals surface area contributed by atoms with Crippen LogP contribution >= 0.6 is 22.6 Å². The van der Waals surface area contributed by atoms with Crippen molar-refractivity contribution in [2.45, 2.75) is 82.0 Å². The highest BCUT2D eigenvalue weighted by Crippen LogP contribution is 2.34. The second kappa shape index (κ2) is 14.1. The van der Waals surface area contributed by atoms with Gasteiger partial charge in [0.2, 0.25) is 0 Å². The molecule has 0 spiro atoms. The molecular weight excluding hydrogens is 591 g/mol. The topological polar surface area (TPSA) is 59.0 Å². The minimum absolute atomic E-state index is 0.0541. The van der Waals surface area contributed by atoms with Crippen molar-refractivity contribution in [2.75, 3.05) is 26.3 Å². The van der Waals surface area contributed by atoms with Crippen LogP contribution in [0, 0.1) is 18.7 Å². The SMILES string of the molecule is CCOC(=O)CCc1c(C(C)OCC(O)CN2CCC[C@H]2CC2=CC(I)C(C)C(F)=C2)ccc(F)c1C. The third-order valence-electron chi connectivity index (χ3n) is 7.45. The van der Waals surface area contributed by atoms with Crippen LogP contribution in [0.3, 0.4) is 0 Å². The molecule has 4 unspecified atom stereocenters. The summed E-state index contributed by atoms with van der Waals surface area (Å²) in [5.41, 5.74) is 3.10. The van der Waals surface area contributed by atoms with Crippen molar-refractivity contribution >= 4 is 28.6 Å². The van der Waals surface area contributed by atoms with Crippen LogP contribution in [0.2, 0.25) is 0 Å². The molecule has 0 bridgehead atoms. The summed E-state index contributed by atoms with van der Waals surface area (Å²) in [6, 6.07) is 3.39. The number of hydrogen-bond donors (Lipinski definition) is 1. The van der Waals surface area contributed by atoms with E-state index in [9.17, 15) is 18.7 Å². The summed E-state index contributed by atoms with van der Waals surface area (Å²) < 4.78 is 39.8. The first kappa shape index (κ1) is 30.2. The predicted molar refractivity (Wildman–Crippen MR) is 150 cm³/mol. The van der Waals surface area contributed by atoms with Crippen molar-refractivity contribution in [2.24, 2.45) is 5.92 Å². The Hall–Kier alpha value is -1.36. The van der Waals surface area contributed by atoms with Gasteiger partial charge in [0.1, 0.15) is 11.6 Å². The lowest BCUT2D eigenvalue weighted by Crippen LogP contribution is -2.38. The average molecular weight is 632 g/mol. The number of allylic oxidation sites excluding steroid dienone is 3. The Labute approximate surface area is 233 Å². The number of rotatable bonds is 12. The smallest absolute Gasteiger partial charge is 0.306 e. The summed E-state index contributed by atoms with van der Waals surface area (Å²) >= 11 is 2.29. The molecule has 8 heteroatoms. The quantitative estimate of drug-likeness (QED) is 0.170. The second-order valence-corrected chi connectivity index (χ2v) is 11.6. The van der Waals surface area contributed by atoms with Crippen molar-refractivity contribution in [1.29, 1.82) is 0 Å². The average Bonchev–Trinajstić information content (AvgIpc) is 3.28. The zero-order valence-electron chi connectivity index (χ0n) is 22.3. The van der Waals surface area contributed by atoms with Gasteiger partial charge in [0.05, 0.1) is 25.4 Å². The molecule has 3 rings (SSSR count). The Morgan fingerprint density at radius 3 is 2.78 bits per heavy atom. The molecule has 0 aromatic heterocycles. The molecule has 1 aliphatic heterocycles. The molecule has 1 aliphatic carbocycles. The van der Waals surface area contributed by atoms with Gasteiger partial charge in [-0.2, -0.15) is 0 Å². The minimum Gasteiger partial charge on any atom is -0.466 e. The molecule has 1 fully saturated rings. The Morgan fingerprint density at radius 2 is 2.08 bits per heavy atom. The van der Waals surface area contributed by atoms with E-state index >= 15 is 0 Å². The normalized spacial score (nSPS) is 23.9. The van der Waals surface area contributed by atoms with Gasteiger partial charge in [-0.15, -0.1) is 0 Å². The van der Waals surface area contributed by atoms with Crippen molar-refractivity contribution in [3.63, 3.8) is 0 Å². The third kappa shape index (κ3) is 8.31. The molecule has 1 aromatic rings. The maximum atomic E-state index is 14.3. The van der Waals surface area contributed by atoms with Crippen LogP contribution in [0.1, 0.15) is 69.2 Å². The number of aliphatic hydroxyl groups is 1. The lowest BCUT2D eigenvalue weighted by atomic mass is 9.93. The van der Waals surface area contributed by atoms with E-state index in [0.29, 0.717) is 25.1 Å². The molecule has 37 heavy (non-hydrogen) atoms. The molecule has 1 heterocycles. The number of aliphatic hydroxyl groups excluding tert-OH is 1. The standard InChI is InChI=1S/C29H40F2INO4/c1-5-36-29(35)11-9-24-18(2)26(30)10-8-25(24)20(4)37-17-23(34)16-33-12-6-7-22(33)13-21-14-27(31)19(3)28(32)15-21/h8,10,14-15,19-20,22-23,28,34H,5-7,9,11-13,16-17H2,1-4H3/t19?,20?,22-,23?,28?/m0/s1. The molecule has 1 N–H and O–H groups in total. The first-order chi connectivity index (χ1) is 17.6. The molecule has 5 nitrogen and oxygen atoms in total. The van der Waals surface area contributed by atoms with Gasteiger partial charge in [-0.1, -0.05) is 41.7 Å². The zero-order chi connectivity index (χ0) is 27.1. The zero-order valence-corrected chi connectivity index (χ0v) is 24.5. The summed E-state index contributed by atoms with van der Waals surface area (Å²) in [7, 11) is 0. The fourth-order valence-electron chi connectivity index (χ4n) is 5.21. The Morgan fingerprint density at radius 1 is 1.32 bits per heavy atom. The first-order valence-corrected chi connectivity index (χ1v) is 14.5. The third-order valence-corrected chi connectivity index (χ3v) is 8.89. The minimum atomic E-state index is -0.683. The Kier molecular flexibility index (Phi) is 11.5. The van der Waals surface area contributed by atoms with Crippen LogP contribution in [0.5, 0.6) is 0 Å². The number of hydrogen-bond acceptors (Lipinski definition) is 5. The van der Waals surface area contributed by atoms with E-state index in [1.807, 2.05) is 13.8 Å². The fourth-order valence-corrected chi connectivity index (χ4v) is 6.02. The number of alkyl halides is 1. The lowest BCUT2D eigenvalue weighted by Gasteiger charge is -2.29. The van der Waals surface area contributed by atoms with Gasteiger partial charge in [0, 0.05) is 28.8 Å². The van der Waals surface area contributed by atoms with Crippen LogP contribution in [0.25, 0.3) is 0 Å². The summed E-state index contributed by atoms with van der Waals surface area (Å²) in [6.07, 6.45) is 6.18. The first-order valence-electron chi connectivity index (χ1n) is 13.3. The van der Waals surface area contributed by atoms with Gasteiger partial charge in [-0.25, -0.2) is 8.78 Å². The van der Waals surface area contributed by atoms with Gasteiger partial charge in [-0.3, -0.25) is 9.69 Å². The molecule has 0 amide bonds. The van der Waals surface area contributed by atoms with E-state index < -0.39 is 6.10 Å². The number of carbonyl (C=O) groups excluding carboxylic acids is 1. The highest BCUT2D eigenvalue weighted by Gasteiger charge is 2.29. The van der Waals surface area contributed by atoms with E-state index in [1.165, 1.54) is 6.07 Å². The summed E-state index contributed by atoms with van der Waals surface area (Å²) in [5.74, 6) is -0.768. The van der Waals surface area contributed by atoms with Gasteiger partial charge in [0.15, 0.2) is 0 Å². The van der Waals surface area contributed by atoms with Crippen LogP contribution in [0.15, 0.2) is 35.7 Å². The van der Waals surface area contributed by atoms with Crippen molar-refractivity contribution in [3.05, 3.63) is 58.2 Å². The van der Waals surface area contributed by atoms with Crippen molar-refractivity contribution < 1.29 is 28.2 Å². The number of likely N-dealkylation sites (tertiary alicyclic amines) is 1. The number of β-amino-alcohol motifs (C(OH)–C–C–N with tert-alkyl or cyclic N) is 1. The molecule has 1 aromatic carbocycles. The largest absolute Gasteiger partial charge is 0.466 e. The summed E-state index contributed by atoms with van der Waals surface area (Å²) in [4.78, 5) is 14.1. The van der Waals surface area contributed by atoms with Gasteiger partial charge >= 0.3 is 5.97 Å². The van der Waals surface area contributed by atoms with Crippen molar-refractivity contribution in [1.82, 2.24) is 4.90 Å². The second-order valence-electron chi connectivity index (χ2n) is 10.2. The van der Waals surface area contributed by atoms with E-state index in [0.717, 1.165) is 42.5 Å². The highest BCUT2D eigenvalue weighted by atomic mass is 127. The van der Waals surface area contributed by atoms with E-state index in [1.54, 1.807) is 26.0 Å². The van der Waals surface area contributed by atoms with Crippen LogP contribution in [-0.2, 0) is 20.7 Å². The van der Waals surface area contributed by atoms with E-state index in [4.69, 9.17) is 9.47 Å². The van der Waals surface area contributed by atoms with Crippen molar-refractivity contribution in [3.8, 4) is 0 Å². The number of ether oxygens (including phenoxy) is 2. The maximum Gasteiger partial charge on any atom is 0.306 e. The highest BCUT2D eigenvalue weighted by molar-refractivity contribution is 14.1. The number of carbonyl (C=O) groups is 1. The van der Waals surface area contributed by atoms with Crippen LogP contribution < -0.4 is 0 Å². The molecule has 206 valence electrons. The molecule has 0 radical (unpaired) electrons. The Bertz CT molecular complexity index is 998. The predicted octanol–water partition coefficient (Wildman–Crippen LogP) is 6.16. The van der Waals surface area contributed by atoms with E-state index in [-0.39, 0.29) is 52.6 Å². The van der Waals surface area contributed by atoms with Gasteiger partial charge < -0.3 is 14.6 Å². The van der Waals surface area contributed by atoms with Crippen LogP contribution in [0.4, 0.5) is 8.78 Å². The molecule has 2 aliphatic rings. The molecule has 5 atom stereocenters. The Balaban J connectivity index is 1.56. The van der Waals surface area contributed by atoms with Gasteiger partial charge in [0.25, 0.3) is 0 Å². The number of halogens is 3. The van der Waals surface area contributed by atoms with Gasteiger partial charge in [-0.05, 0) is 87.4 Å². The molecule has 1 saturated heterocycles. The summed E-state index contributed by atoms with van der Waals surface area (Å²) in [5, 5.41) is 10.8. The number of nitrogens with zero attached hydrogens (tertiary/aromatic N) is 1. The summed E-state index contributed by atoms with van der Waals surface area (Å²) in [6.45, 7) is 9.09. The number of esters is 1. The fraction of sp³-hybridized carbons (Fsp3) is 0.621. The molecule has 0 saturated carbocycles. The van der Waals surface area contributed by atoms with Crippen LogP contribution in [-0.4, -0.2) is 58.3 Å². The lowest BCUT2D eigenvalue weighted by molar-refractivity contribution is -0.143. The van der Waals surface area contributed by atoms with E-state index in [2.05, 4.69) is 33.6 Å². The monoisotopic (exact) mass is 631 g/mol. The number of benzene rings is 1.